The predicted octanol–water partition coefficient (Wildman–Crippen LogP) is 1.32. The maximum Gasteiger partial charge on any atom is 0.345 e. The summed E-state index contributed by atoms with van der Waals surface area (Å²) in [5.41, 5.74) is 3.03. The minimum Gasteiger partial charge on any atom is -0.423 e. The van der Waals surface area contributed by atoms with Gasteiger partial charge < -0.3 is 9.73 Å². The molecule has 2 aromatic rings. The molecular formula is C11H13N3O2. The molecule has 84 valence electrons. The summed E-state index contributed by atoms with van der Waals surface area (Å²) >= 11 is 0. The monoisotopic (exact) mass is 219 g/mol. The van der Waals surface area contributed by atoms with Crippen LogP contribution in [0.3, 0.4) is 0 Å². The van der Waals surface area contributed by atoms with Crippen LogP contribution in [0.1, 0.15) is 5.56 Å². The highest BCUT2D eigenvalue weighted by Gasteiger charge is 2.05. The van der Waals surface area contributed by atoms with Gasteiger partial charge in [-0.1, -0.05) is 6.07 Å². The number of amides is 2. The van der Waals surface area contributed by atoms with Crippen molar-refractivity contribution in [2.45, 2.75) is 6.92 Å². The Morgan fingerprint density at radius 1 is 1.50 bits per heavy atom. The predicted molar refractivity (Wildman–Crippen MR) is 59.9 cm³/mol. The first-order chi connectivity index (χ1) is 7.61. The van der Waals surface area contributed by atoms with Crippen LogP contribution < -0.4 is 11.0 Å². The lowest BCUT2D eigenvalue weighted by molar-refractivity contribution is 0.249. The zero-order valence-electron chi connectivity index (χ0n) is 9.44. The van der Waals surface area contributed by atoms with Crippen molar-refractivity contribution in [1.82, 2.24) is 9.88 Å². The van der Waals surface area contributed by atoms with Crippen molar-refractivity contribution in [2.24, 2.45) is 12.0 Å². The Bertz CT molecular complexity index is 607. The lowest BCUT2D eigenvalue weighted by Crippen LogP contribution is -2.20. The summed E-state index contributed by atoms with van der Waals surface area (Å²) in [4.78, 5) is 14.9. The van der Waals surface area contributed by atoms with Crippen LogP contribution in [0.5, 0.6) is 0 Å². The van der Waals surface area contributed by atoms with Crippen LogP contribution in [0.25, 0.3) is 11.1 Å². The van der Waals surface area contributed by atoms with Crippen molar-refractivity contribution in [3.63, 3.8) is 0 Å². The highest BCUT2D eigenvalue weighted by Crippen LogP contribution is 2.13. The van der Waals surface area contributed by atoms with Crippen molar-refractivity contribution in [3.05, 3.63) is 29.4 Å². The van der Waals surface area contributed by atoms with Gasteiger partial charge in [-0.15, -0.1) is 4.99 Å². The average Bonchev–Trinajstić information content (AvgIpc) is 2.55. The van der Waals surface area contributed by atoms with Gasteiger partial charge in [0.25, 0.3) is 0 Å². The minimum absolute atomic E-state index is 0.292. The van der Waals surface area contributed by atoms with Crippen LogP contribution in [-0.4, -0.2) is 17.6 Å². The summed E-state index contributed by atoms with van der Waals surface area (Å²) in [6.07, 6.45) is 0. The van der Waals surface area contributed by atoms with E-state index >= 15 is 0 Å². The van der Waals surface area contributed by atoms with E-state index in [1.54, 1.807) is 4.57 Å². The number of urea groups is 1. The van der Waals surface area contributed by atoms with E-state index in [0.29, 0.717) is 5.68 Å². The van der Waals surface area contributed by atoms with Gasteiger partial charge in [0.2, 0.25) is 0 Å². The van der Waals surface area contributed by atoms with Gasteiger partial charge in [-0.05, 0) is 24.6 Å². The fourth-order valence-electron chi connectivity index (χ4n) is 1.49. The second-order valence-corrected chi connectivity index (χ2v) is 3.58. The largest absolute Gasteiger partial charge is 0.423 e. The Kier molecular flexibility index (Phi) is 2.52. The van der Waals surface area contributed by atoms with E-state index in [4.69, 9.17) is 4.42 Å². The minimum atomic E-state index is -0.425. The van der Waals surface area contributed by atoms with Crippen molar-refractivity contribution in [3.8, 4) is 0 Å². The third kappa shape index (κ3) is 1.71. The summed E-state index contributed by atoms with van der Waals surface area (Å²) in [7, 11) is 3.33. The van der Waals surface area contributed by atoms with Gasteiger partial charge in [-0.3, -0.25) is 4.57 Å². The number of nitrogens with zero attached hydrogens (tertiary/aromatic N) is 2. The summed E-state index contributed by atoms with van der Waals surface area (Å²) in [5, 5.41) is 2.42. The molecule has 1 aromatic heterocycles. The third-order valence-electron chi connectivity index (χ3n) is 2.38. The topological polar surface area (TPSA) is 59.5 Å². The second-order valence-electron chi connectivity index (χ2n) is 3.58. The molecule has 0 unspecified atom stereocenters. The molecule has 1 heterocycles. The van der Waals surface area contributed by atoms with Crippen LogP contribution in [0, 0.1) is 6.92 Å². The molecular weight excluding hydrogens is 206 g/mol. The first-order valence-corrected chi connectivity index (χ1v) is 4.94. The Hall–Kier alpha value is -2.04. The van der Waals surface area contributed by atoms with Crippen molar-refractivity contribution >= 4 is 17.1 Å². The molecule has 16 heavy (non-hydrogen) atoms. The summed E-state index contributed by atoms with van der Waals surface area (Å²) in [5.74, 6) is 0. The number of fused-ring (bicyclic) bond motifs is 1. The van der Waals surface area contributed by atoms with Crippen LogP contribution in [0.4, 0.5) is 4.79 Å². The Labute approximate surface area is 92.4 Å². The molecule has 1 N–H and O–H groups in total. The highest BCUT2D eigenvalue weighted by atomic mass is 16.4. The standard InChI is InChI=1S/C11H13N3O2/c1-7-4-5-8-9(6-7)16-11(14(8)3)13-10(15)12-2/h4-6H,1-3H3,(H,12,15). The molecule has 0 atom stereocenters. The van der Waals surface area contributed by atoms with Crippen molar-refractivity contribution in [1.29, 1.82) is 0 Å². The van der Waals surface area contributed by atoms with Crippen LogP contribution >= 0.6 is 0 Å². The van der Waals surface area contributed by atoms with Crippen LogP contribution in [0.2, 0.25) is 0 Å². The summed E-state index contributed by atoms with van der Waals surface area (Å²) in [6, 6.07) is 5.42. The Balaban J connectivity index is 2.69. The van der Waals surface area contributed by atoms with Gasteiger partial charge in [0.15, 0.2) is 5.58 Å². The van der Waals surface area contributed by atoms with E-state index in [1.807, 2.05) is 32.2 Å². The van der Waals surface area contributed by atoms with Crippen molar-refractivity contribution < 1.29 is 9.21 Å². The zero-order chi connectivity index (χ0) is 11.7. The van der Waals surface area contributed by atoms with Gasteiger partial charge in [0.1, 0.15) is 0 Å². The fourth-order valence-corrected chi connectivity index (χ4v) is 1.49. The van der Waals surface area contributed by atoms with Crippen LogP contribution in [-0.2, 0) is 7.05 Å². The van der Waals surface area contributed by atoms with E-state index in [0.717, 1.165) is 16.7 Å². The molecule has 2 rings (SSSR count). The number of aryl methyl sites for hydroxylation is 2. The van der Waals surface area contributed by atoms with E-state index in [2.05, 4.69) is 10.3 Å². The first-order valence-electron chi connectivity index (χ1n) is 4.94. The molecule has 0 saturated heterocycles. The number of nitrogens with one attached hydrogen (secondary N) is 1. The van der Waals surface area contributed by atoms with E-state index in [-0.39, 0.29) is 0 Å². The number of oxazole rings is 1. The smallest absolute Gasteiger partial charge is 0.345 e. The second kappa shape index (κ2) is 3.84. The van der Waals surface area contributed by atoms with Gasteiger partial charge in [-0.2, -0.15) is 0 Å². The Morgan fingerprint density at radius 3 is 2.94 bits per heavy atom. The van der Waals surface area contributed by atoms with E-state index < -0.39 is 6.03 Å². The molecule has 0 aliphatic heterocycles. The molecule has 2 amide bonds. The number of benzene rings is 1. The lowest BCUT2D eigenvalue weighted by Gasteiger charge is -1.93. The molecule has 0 aliphatic carbocycles. The Morgan fingerprint density at radius 2 is 2.25 bits per heavy atom. The molecule has 0 bridgehead atoms. The SMILES string of the molecule is CNC(=O)N=c1oc2cc(C)ccc2n1C. The van der Waals surface area contributed by atoms with Gasteiger partial charge in [0, 0.05) is 14.1 Å². The number of hydrogen-bond donors (Lipinski definition) is 1. The lowest BCUT2D eigenvalue weighted by atomic mass is 10.2. The molecule has 0 spiro atoms. The number of carbonyl (C=O) groups is 1. The highest BCUT2D eigenvalue weighted by molar-refractivity contribution is 5.76. The quantitative estimate of drug-likeness (QED) is 0.726. The molecule has 5 heteroatoms. The summed E-state index contributed by atoms with van der Waals surface area (Å²) < 4.78 is 7.23. The average molecular weight is 219 g/mol. The summed E-state index contributed by atoms with van der Waals surface area (Å²) in [6.45, 7) is 1.98. The molecule has 0 saturated carbocycles. The number of carbonyl (C=O) groups excluding carboxylic acids is 1. The van der Waals surface area contributed by atoms with E-state index in [1.165, 1.54) is 7.05 Å². The maximum atomic E-state index is 11.1. The fraction of sp³-hybridized carbons (Fsp3) is 0.273. The van der Waals surface area contributed by atoms with Gasteiger partial charge in [0.05, 0.1) is 5.52 Å². The van der Waals surface area contributed by atoms with Crippen molar-refractivity contribution in [2.75, 3.05) is 7.05 Å². The normalized spacial score (nSPS) is 12.1. The number of hydrogen-bond acceptors (Lipinski definition) is 2. The molecule has 1 aromatic carbocycles. The zero-order valence-corrected chi connectivity index (χ0v) is 9.44. The molecule has 0 aliphatic rings. The maximum absolute atomic E-state index is 11.1. The number of rotatable bonds is 0. The van der Waals surface area contributed by atoms with E-state index in [9.17, 15) is 4.79 Å². The third-order valence-corrected chi connectivity index (χ3v) is 2.38. The molecule has 0 fully saturated rings. The molecule has 0 radical (unpaired) electrons. The van der Waals surface area contributed by atoms with Gasteiger partial charge >= 0.3 is 11.7 Å². The number of aromatic nitrogens is 1. The van der Waals surface area contributed by atoms with Gasteiger partial charge in [-0.25, -0.2) is 4.79 Å². The van der Waals surface area contributed by atoms with Crippen LogP contribution in [0.15, 0.2) is 27.6 Å². The first kappa shape index (κ1) is 10.5. The molecule has 5 nitrogen and oxygen atoms in total.